The van der Waals surface area contributed by atoms with Crippen molar-refractivity contribution in [2.45, 2.75) is 43.5 Å². The Morgan fingerprint density at radius 3 is 2.40 bits per heavy atom. The molecule has 0 saturated heterocycles. The summed E-state index contributed by atoms with van der Waals surface area (Å²) in [6.07, 6.45) is -2.70. The number of alkyl halides is 3. The SMILES string of the molecule is CC(NC(=O)CCNS(=O)(=O)c1ccc(OC(F)(F)F)cc1)C1CC1. The molecule has 25 heavy (non-hydrogen) atoms. The summed E-state index contributed by atoms with van der Waals surface area (Å²) >= 11 is 0. The number of ether oxygens (including phenoxy) is 1. The third-order valence-corrected chi connectivity index (χ3v) is 5.21. The number of hydrogen-bond acceptors (Lipinski definition) is 4. The number of sulfonamides is 1. The number of nitrogens with one attached hydrogen (secondary N) is 2. The van der Waals surface area contributed by atoms with Crippen LogP contribution in [0, 0.1) is 5.92 Å². The van der Waals surface area contributed by atoms with Crippen LogP contribution >= 0.6 is 0 Å². The molecule has 0 spiro atoms. The molecule has 0 heterocycles. The molecule has 1 aromatic rings. The number of benzene rings is 1. The highest BCUT2D eigenvalue weighted by atomic mass is 32.2. The van der Waals surface area contributed by atoms with E-state index in [1.165, 1.54) is 0 Å². The second-order valence-electron chi connectivity index (χ2n) is 5.86. The molecule has 1 aliphatic rings. The summed E-state index contributed by atoms with van der Waals surface area (Å²) in [5, 5.41) is 2.80. The largest absolute Gasteiger partial charge is 0.573 e. The monoisotopic (exact) mass is 380 g/mol. The number of hydrogen-bond donors (Lipinski definition) is 2. The Balaban J connectivity index is 1.83. The molecular formula is C15H19F3N2O4S. The van der Waals surface area contributed by atoms with Gasteiger partial charge in [-0.1, -0.05) is 0 Å². The normalized spacial score (nSPS) is 16.3. The van der Waals surface area contributed by atoms with Crippen molar-refractivity contribution in [1.82, 2.24) is 10.0 Å². The molecular weight excluding hydrogens is 361 g/mol. The van der Waals surface area contributed by atoms with Crippen LogP contribution in [0.5, 0.6) is 5.75 Å². The predicted octanol–water partition coefficient (Wildman–Crippen LogP) is 2.17. The minimum Gasteiger partial charge on any atom is -0.406 e. The zero-order valence-corrected chi connectivity index (χ0v) is 14.3. The van der Waals surface area contributed by atoms with Gasteiger partial charge in [0.15, 0.2) is 0 Å². The van der Waals surface area contributed by atoms with Crippen molar-refractivity contribution >= 4 is 15.9 Å². The second-order valence-corrected chi connectivity index (χ2v) is 7.63. The maximum absolute atomic E-state index is 12.1. The summed E-state index contributed by atoms with van der Waals surface area (Å²) in [4.78, 5) is 11.5. The third-order valence-electron chi connectivity index (χ3n) is 3.73. The molecule has 1 amide bonds. The van der Waals surface area contributed by atoms with E-state index < -0.39 is 22.1 Å². The highest BCUT2D eigenvalue weighted by Gasteiger charge is 2.31. The van der Waals surface area contributed by atoms with Gasteiger partial charge in [-0.2, -0.15) is 0 Å². The van der Waals surface area contributed by atoms with Gasteiger partial charge in [0.2, 0.25) is 15.9 Å². The van der Waals surface area contributed by atoms with Gasteiger partial charge in [0, 0.05) is 19.0 Å². The topological polar surface area (TPSA) is 84.5 Å². The minimum atomic E-state index is -4.84. The molecule has 1 aliphatic carbocycles. The molecule has 0 aliphatic heterocycles. The predicted molar refractivity (Wildman–Crippen MR) is 83.3 cm³/mol. The molecule has 1 atom stereocenters. The first-order valence-corrected chi connectivity index (χ1v) is 9.20. The van der Waals surface area contributed by atoms with E-state index in [1.54, 1.807) is 0 Å². The average Bonchev–Trinajstić information content (AvgIpc) is 3.30. The van der Waals surface area contributed by atoms with E-state index >= 15 is 0 Å². The van der Waals surface area contributed by atoms with Crippen molar-refractivity contribution in [3.05, 3.63) is 24.3 Å². The first kappa shape index (κ1) is 19.5. The lowest BCUT2D eigenvalue weighted by atomic mass is 10.2. The lowest BCUT2D eigenvalue weighted by molar-refractivity contribution is -0.274. The van der Waals surface area contributed by atoms with Gasteiger partial charge in [-0.3, -0.25) is 4.79 Å². The van der Waals surface area contributed by atoms with Gasteiger partial charge in [0.05, 0.1) is 4.90 Å². The second kappa shape index (κ2) is 7.61. The Morgan fingerprint density at radius 2 is 1.88 bits per heavy atom. The van der Waals surface area contributed by atoms with Crippen molar-refractivity contribution in [2.24, 2.45) is 5.92 Å². The van der Waals surface area contributed by atoms with Crippen LogP contribution in [0.4, 0.5) is 13.2 Å². The highest BCUT2D eigenvalue weighted by Crippen LogP contribution is 2.32. The molecule has 0 bridgehead atoms. The standard InChI is InChI=1S/C15H19F3N2O4S/c1-10(11-2-3-11)20-14(21)8-9-19-25(22,23)13-6-4-12(5-7-13)24-15(16,17)18/h4-7,10-11,19H,2-3,8-9H2,1H3,(H,20,21). The van der Waals surface area contributed by atoms with Gasteiger partial charge < -0.3 is 10.1 Å². The molecule has 0 radical (unpaired) electrons. The maximum Gasteiger partial charge on any atom is 0.573 e. The smallest absolute Gasteiger partial charge is 0.406 e. The lowest BCUT2D eigenvalue weighted by Gasteiger charge is -2.13. The number of amides is 1. The molecule has 1 aromatic carbocycles. The van der Waals surface area contributed by atoms with Crippen LogP contribution in [-0.4, -0.2) is 33.3 Å². The number of carbonyl (C=O) groups is 1. The zero-order chi connectivity index (χ0) is 18.7. The van der Waals surface area contributed by atoms with E-state index in [0.29, 0.717) is 5.92 Å². The highest BCUT2D eigenvalue weighted by molar-refractivity contribution is 7.89. The van der Waals surface area contributed by atoms with Gasteiger partial charge in [0.1, 0.15) is 5.75 Å². The summed E-state index contributed by atoms with van der Waals surface area (Å²) in [6.45, 7) is 1.80. The molecule has 1 fully saturated rings. The van der Waals surface area contributed by atoms with Crippen molar-refractivity contribution in [2.75, 3.05) is 6.54 Å². The van der Waals surface area contributed by atoms with Crippen LogP contribution in [0.2, 0.25) is 0 Å². The number of halogens is 3. The molecule has 10 heteroatoms. The first-order valence-electron chi connectivity index (χ1n) is 7.72. The molecule has 6 nitrogen and oxygen atoms in total. The Labute approximate surface area is 143 Å². The van der Waals surface area contributed by atoms with Crippen LogP contribution in [0.3, 0.4) is 0 Å². The van der Waals surface area contributed by atoms with Crippen LogP contribution in [0.15, 0.2) is 29.2 Å². The van der Waals surface area contributed by atoms with Crippen LogP contribution in [0.25, 0.3) is 0 Å². The fourth-order valence-corrected chi connectivity index (χ4v) is 3.27. The molecule has 2 N–H and O–H groups in total. The van der Waals surface area contributed by atoms with Crippen LogP contribution < -0.4 is 14.8 Å². The van der Waals surface area contributed by atoms with E-state index in [9.17, 15) is 26.4 Å². The van der Waals surface area contributed by atoms with E-state index in [-0.39, 0.29) is 29.8 Å². The van der Waals surface area contributed by atoms with Crippen LogP contribution in [0.1, 0.15) is 26.2 Å². The quantitative estimate of drug-likeness (QED) is 0.724. The van der Waals surface area contributed by atoms with Crippen molar-refractivity contribution in [1.29, 1.82) is 0 Å². The van der Waals surface area contributed by atoms with Gasteiger partial charge in [0.25, 0.3) is 0 Å². The van der Waals surface area contributed by atoms with Gasteiger partial charge >= 0.3 is 6.36 Å². The Hall–Kier alpha value is -1.81. The minimum absolute atomic E-state index is 0.0223. The van der Waals surface area contributed by atoms with E-state index in [4.69, 9.17) is 0 Å². The fraction of sp³-hybridized carbons (Fsp3) is 0.533. The summed E-state index contributed by atoms with van der Waals surface area (Å²) in [5.74, 6) is -0.269. The van der Waals surface area contributed by atoms with Crippen molar-refractivity contribution < 1.29 is 31.1 Å². The first-order chi connectivity index (χ1) is 11.6. The summed E-state index contributed by atoms with van der Waals surface area (Å²) in [5.41, 5.74) is 0. The van der Waals surface area contributed by atoms with Gasteiger partial charge in [-0.15, -0.1) is 13.2 Å². The van der Waals surface area contributed by atoms with Crippen molar-refractivity contribution in [3.8, 4) is 5.75 Å². The van der Waals surface area contributed by atoms with E-state index in [2.05, 4.69) is 14.8 Å². The van der Waals surface area contributed by atoms with E-state index in [0.717, 1.165) is 37.1 Å². The van der Waals surface area contributed by atoms with Crippen LogP contribution in [-0.2, 0) is 14.8 Å². The Morgan fingerprint density at radius 1 is 1.28 bits per heavy atom. The third kappa shape index (κ3) is 6.54. The van der Waals surface area contributed by atoms with Crippen molar-refractivity contribution in [3.63, 3.8) is 0 Å². The van der Waals surface area contributed by atoms with Gasteiger partial charge in [-0.25, -0.2) is 13.1 Å². The Kier molecular flexibility index (Phi) is 5.94. The average molecular weight is 380 g/mol. The fourth-order valence-electron chi connectivity index (χ4n) is 2.24. The number of carbonyl (C=O) groups excluding carboxylic acids is 1. The summed E-state index contributed by atoms with van der Waals surface area (Å²) in [6, 6.07) is 3.89. The summed E-state index contributed by atoms with van der Waals surface area (Å²) in [7, 11) is -3.92. The molecule has 0 aromatic heterocycles. The lowest BCUT2D eigenvalue weighted by Crippen LogP contribution is -2.36. The molecule has 1 unspecified atom stereocenters. The maximum atomic E-state index is 12.1. The molecule has 2 rings (SSSR count). The van der Waals surface area contributed by atoms with Gasteiger partial charge in [-0.05, 0) is 49.9 Å². The molecule has 1 saturated carbocycles. The van der Waals surface area contributed by atoms with E-state index in [1.807, 2.05) is 6.92 Å². The summed E-state index contributed by atoms with van der Waals surface area (Å²) < 4.78 is 66.2. The Bertz CT molecular complexity index is 700. The zero-order valence-electron chi connectivity index (χ0n) is 13.5. The number of rotatable bonds is 8. The molecule has 140 valence electrons.